The molecule has 0 atom stereocenters. The number of carbonyl (C=O) groups excluding carboxylic acids is 1. The van der Waals surface area contributed by atoms with Gasteiger partial charge in [0.05, 0.1) is 15.5 Å². The Morgan fingerprint density at radius 1 is 1.10 bits per heavy atom. The van der Waals surface area contributed by atoms with Gasteiger partial charge in [0.1, 0.15) is 0 Å². The Hall–Kier alpha value is -1.58. The van der Waals surface area contributed by atoms with Gasteiger partial charge in [-0.3, -0.25) is 4.79 Å². The summed E-state index contributed by atoms with van der Waals surface area (Å²) in [6.45, 7) is 5.44. The van der Waals surface area contributed by atoms with Crippen molar-refractivity contribution in [2.24, 2.45) is 0 Å². The van der Waals surface area contributed by atoms with Crippen molar-refractivity contribution in [1.29, 1.82) is 0 Å². The summed E-state index contributed by atoms with van der Waals surface area (Å²) in [4.78, 5) is 15.9. The molecule has 9 heteroatoms. The minimum Gasteiger partial charge on any atom is -0.322 e. The highest BCUT2D eigenvalue weighted by atomic mass is 35.5. The first-order valence-electron chi connectivity index (χ1n) is 9.32. The van der Waals surface area contributed by atoms with E-state index in [0.717, 1.165) is 24.5 Å². The molecule has 0 saturated carbocycles. The molecule has 1 heterocycles. The topological polar surface area (TPSA) is 69.7 Å². The highest BCUT2D eigenvalue weighted by Crippen LogP contribution is 2.25. The fourth-order valence-corrected chi connectivity index (χ4v) is 5.21. The van der Waals surface area contributed by atoms with Crippen LogP contribution in [0.4, 0.5) is 5.69 Å². The number of carbonyl (C=O) groups is 1. The minimum absolute atomic E-state index is 0.225. The zero-order chi connectivity index (χ0) is 21.0. The van der Waals surface area contributed by atoms with Gasteiger partial charge < -0.3 is 10.2 Å². The van der Waals surface area contributed by atoms with Gasteiger partial charge in [-0.05, 0) is 55.3 Å². The normalized spacial score (nSPS) is 16.0. The quantitative estimate of drug-likeness (QED) is 0.676. The van der Waals surface area contributed by atoms with E-state index in [1.807, 2.05) is 12.3 Å². The number of anilines is 1. The maximum absolute atomic E-state index is 12.9. The third kappa shape index (κ3) is 5.13. The number of sulfonamides is 1. The summed E-state index contributed by atoms with van der Waals surface area (Å²) in [5.74, 6) is -0.336. The van der Waals surface area contributed by atoms with E-state index in [4.69, 9.17) is 11.6 Å². The van der Waals surface area contributed by atoms with Crippen molar-refractivity contribution in [1.82, 2.24) is 9.21 Å². The van der Waals surface area contributed by atoms with Gasteiger partial charge in [0, 0.05) is 36.8 Å². The van der Waals surface area contributed by atoms with E-state index in [-0.39, 0.29) is 10.8 Å². The molecule has 0 aliphatic carbocycles. The Morgan fingerprint density at radius 3 is 2.34 bits per heavy atom. The number of likely N-dealkylation sites (N-methyl/N-ethyl adjacent to an activating group) is 1. The van der Waals surface area contributed by atoms with Gasteiger partial charge in [0.25, 0.3) is 5.91 Å². The summed E-state index contributed by atoms with van der Waals surface area (Å²) in [7, 11) is -3.54. The Bertz CT molecular complexity index is 973. The Labute approximate surface area is 181 Å². The highest BCUT2D eigenvalue weighted by Gasteiger charge is 2.28. The molecule has 156 valence electrons. The zero-order valence-corrected chi connectivity index (χ0v) is 18.8. The standard InChI is InChI=1S/C20H24ClN3O3S2/c1-3-23-10-12-24(13-11-23)29(26,27)17-7-4-15(5-8-17)22-20(25)18-14-16(28-2)6-9-19(18)21/h4-9,14H,3,10-13H2,1-2H3,(H,22,25). The molecule has 1 aliphatic heterocycles. The number of nitrogens with zero attached hydrogens (tertiary/aromatic N) is 2. The number of hydrogen-bond donors (Lipinski definition) is 1. The number of hydrogen-bond acceptors (Lipinski definition) is 5. The molecule has 0 bridgehead atoms. The summed E-state index contributed by atoms with van der Waals surface area (Å²) >= 11 is 7.67. The van der Waals surface area contributed by atoms with Crippen LogP contribution >= 0.6 is 23.4 Å². The largest absolute Gasteiger partial charge is 0.322 e. The van der Waals surface area contributed by atoms with Gasteiger partial charge in [-0.1, -0.05) is 18.5 Å². The van der Waals surface area contributed by atoms with Crippen LogP contribution in [0.3, 0.4) is 0 Å². The maximum atomic E-state index is 12.9. The molecule has 2 aromatic carbocycles. The molecule has 1 amide bonds. The van der Waals surface area contributed by atoms with Crippen molar-refractivity contribution < 1.29 is 13.2 Å². The van der Waals surface area contributed by atoms with Crippen molar-refractivity contribution in [3.63, 3.8) is 0 Å². The number of rotatable bonds is 6. The van der Waals surface area contributed by atoms with Crippen LogP contribution in [0, 0.1) is 0 Å². The SMILES string of the molecule is CCN1CCN(S(=O)(=O)c2ccc(NC(=O)c3cc(SC)ccc3Cl)cc2)CC1. The molecule has 1 aliphatic rings. The van der Waals surface area contributed by atoms with Crippen LogP contribution in [0.5, 0.6) is 0 Å². The summed E-state index contributed by atoms with van der Waals surface area (Å²) < 4.78 is 27.2. The van der Waals surface area contributed by atoms with Crippen LogP contribution in [0.2, 0.25) is 5.02 Å². The van der Waals surface area contributed by atoms with Crippen LogP contribution < -0.4 is 5.32 Å². The lowest BCUT2D eigenvalue weighted by atomic mass is 10.2. The Kier molecular flexibility index (Phi) is 7.23. The average molecular weight is 454 g/mol. The lowest BCUT2D eigenvalue weighted by molar-refractivity contribution is 0.102. The Balaban J connectivity index is 1.71. The van der Waals surface area contributed by atoms with Crippen LogP contribution in [0.15, 0.2) is 52.3 Å². The molecule has 1 fully saturated rings. The molecule has 0 spiro atoms. The molecule has 0 aromatic heterocycles. The van der Waals surface area contributed by atoms with Crippen LogP contribution in [0.25, 0.3) is 0 Å². The van der Waals surface area contributed by atoms with Crippen LogP contribution in [-0.2, 0) is 10.0 Å². The third-order valence-electron chi connectivity index (χ3n) is 4.95. The van der Waals surface area contributed by atoms with E-state index < -0.39 is 10.0 Å². The van der Waals surface area contributed by atoms with Crippen molar-refractivity contribution in [2.75, 3.05) is 44.3 Å². The summed E-state index contributed by atoms with van der Waals surface area (Å²) in [5, 5.41) is 3.14. The summed E-state index contributed by atoms with van der Waals surface area (Å²) in [6.07, 6.45) is 1.92. The lowest BCUT2D eigenvalue weighted by Crippen LogP contribution is -2.48. The second-order valence-electron chi connectivity index (χ2n) is 6.66. The van der Waals surface area contributed by atoms with E-state index in [9.17, 15) is 13.2 Å². The molecule has 0 radical (unpaired) electrons. The molecule has 0 unspecified atom stereocenters. The number of piperazine rings is 1. The highest BCUT2D eigenvalue weighted by molar-refractivity contribution is 7.98. The van der Waals surface area contributed by atoms with E-state index in [1.54, 1.807) is 24.3 Å². The number of amides is 1. The lowest BCUT2D eigenvalue weighted by Gasteiger charge is -2.33. The molecule has 2 aromatic rings. The molecule has 1 N–H and O–H groups in total. The molecular weight excluding hydrogens is 430 g/mol. The molecule has 1 saturated heterocycles. The smallest absolute Gasteiger partial charge is 0.257 e. The van der Waals surface area contributed by atoms with Crippen molar-refractivity contribution in [3.8, 4) is 0 Å². The van der Waals surface area contributed by atoms with Gasteiger partial charge in [0.2, 0.25) is 10.0 Å². The molecular formula is C20H24ClN3O3S2. The zero-order valence-electron chi connectivity index (χ0n) is 16.4. The number of nitrogens with one attached hydrogen (secondary N) is 1. The molecule has 3 rings (SSSR count). The maximum Gasteiger partial charge on any atom is 0.257 e. The van der Waals surface area contributed by atoms with Crippen LogP contribution in [-0.4, -0.2) is 62.5 Å². The monoisotopic (exact) mass is 453 g/mol. The average Bonchev–Trinajstić information content (AvgIpc) is 2.74. The van der Waals surface area contributed by atoms with Gasteiger partial charge in [-0.15, -0.1) is 11.8 Å². The van der Waals surface area contributed by atoms with Crippen LogP contribution in [0.1, 0.15) is 17.3 Å². The van der Waals surface area contributed by atoms with Crippen molar-refractivity contribution in [2.45, 2.75) is 16.7 Å². The van der Waals surface area contributed by atoms with Gasteiger partial charge in [-0.25, -0.2) is 8.42 Å². The van der Waals surface area contributed by atoms with Gasteiger partial charge in [-0.2, -0.15) is 4.31 Å². The van der Waals surface area contributed by atoms with E-state index in [2.05, 4.69) is 17.1 Å². The number of halogens is 1. The fraction of sp³-hybridized carbons (Fsp3) is 0.350. The van der Waals surface area contributed by atoms with E-state index >= 15 is 0 Å². The first kappa shape index (κ1) is 22.1. The predicted molar refractivity (Wildman–Crippen MR) is 119 cm³/mol. The van der Waals surface area contributed by atoms with Gasteiger partial charge in [0.15, 0.2) is 0 Å². The molecule has 6 nitrogen and oxygen atoms in total. The van der Waals surface area contributed by atoms with Crippen molar-refractivity contribution in [3.05, 3.63) is 53.1 Å². The third-order valence-corrected chi connectivity index (χ3v) is 7.91. The first-order chi connectivity index (χ1) is 13.8. The summed E-state index contributed by atoms with van der Waals surface area (Å²) in [5.41, 5.74) is 0.888. The number of thioether (sulfide) groups is 1. The fourth-order valence-electron chi connectivity index (χ4n) is 3.15. The first-order valence-corrected chi connectivity index (χ1v) is 12.4. The second kappa shape index (κ2) is 9.49. The van der Waals surface area contributed by atoms with E-state index in [0.29, 0.717) is 29.4 Å². The minimum atomic E-state index is -3.54. The molecule has 29 heavy (non-hydrogen) atoms. The predicted octanol–water partition coefficient (Wildman–Crippen LogP) is 3.64. The summed E-state index contributed by atoms with van der Waals surface area (Å²) in [6, 6.07) is 11.5. The van der Waals surface area contributed by atoms with E-state index in [1.165, 1.54) is 28.2 Å². The second-order valence-corrected chi connectivity index (χ2v) is 9.89. The van der Waals surface area contributed by atoms with Crippen molar-refractivity contribution >= 4 is 45.0 Å². The number of benzene rings is 2. The van der Waals surface area contributed by atoms with Gasteiger partial charge >= 0.3 is 0 Å². The Morgan fingerprint density at radius 2 is 1.76 bits per heavy atom.